The summed E-state index contributed by atoms with van der Waals surface area (Å²) in [5, 5.41) is 2.88. The minimum Gasteiger partial charge on any atom is -0.354 e. The Kier molecular flexibility index (Phi) is 5.35. The Morgan fingerprint density at radius 2 is 1.67 bits per heavy atom. The standard InChI is InChI=1S/C23H24N4O3/c1-14(2)13-19(27-22(29)15-7-3-4-8-16(15)23(27)30)21(28)24-12-11-20-25-17-9-5-6-10-18(17)26-20/h3-10,14,19H,11-13H2,1-2H3,(H,24,28)(H,25,26). The van der Waals surface area contributed by atoms with Gasteiger partial charge >= 0.3 is 0 Å². The Labute approximate surface area is 174 Å². The van der Waals surface area contributed by atoms with Crippen molar-refractivity contribution in [1.82, 2.24) is 20.2 Å². The molecule has 0 radical (unpaired) electrons. The van der Waals surface area contributed by atoms with E-state index < -0.39 is 17.9 Å². The van der Waals surface area contributed by atoms with Gasteiger partial charge in [0.15, 0.2) is 0 Å². The zero-order chi connectivity index (χ0) is 21.3. The van der Waals surface area contributed by atoms with Crippen LogP contribution in [0, 0.1) is 5.92 Å². The van der Waals surface area contributed by atoms with Crippen LogP contribution < -0.4 is 5.32 Å². The lowest BCUT2D eigenvalue weighted by Crippen LogP contribution is -2.50. The van der Waals surface area contributed by atoms with Crippen LogP contribution in [0.4, 0.5) is 0 Å². The summed E-state index contributed by atoms with van der Waals surface area (Å²) >= 11 is 0. The third-order valence-electron chi connectivity index (χ3n) is 5.23. The van der Waals surface area contributed by atoms with Gasteiger partial charge in [-0.15, -0.1) is 0 Å². The number of aromatic amines is 1. The number of hydrogen-bond acceptors (Lipinski definition) is 4. The maximum absolute atomic E-state index is 13.0. The zero-order valence-electron chi connectivity index (χ0n) is 17.0. The molecule has 0 saturated heterocycles. The number of fused-ring (bicyclic) bond motifs is 2. The highest BCUT2D eigenvalue weighted by Crippen LogP contribution is 2.27. The largest absolute Gasteiger partial charge is 0.354 e. The van der Waals surface area contributed by atoms with Gasteiger partial charge < -0.3 is 10.3 Å². The van der Waals surface area contributed by atoms with Gasteiger partial charge in [0.25, 0.3) is 11.8 Å². The lowest BCUT2D eigenvalue weighted by atomic mass is 10.0. The van der Waals surface area contributed by atoms with Crippen LogP contribution in [0.25, 0.3) is 11.0 Å². The van der Waals surface area contributed by atoms with Crippen molar-refractivity contribution in [3.8, 4) is 0 Å². The van der Waals surface area contributed by atoms with E-state index in [9.17, 15) is 14.4 Å². The van der Waals surface area contributed by atoms with E-state index >= 15 is 0 Å². The van der Waals surface area contributed by atoms with E-state index in [0.29, 0.717) is 30.5 Å². The van der Waals surface area contributed by atoms with E-state index in [4.69, 9.17) is 0 Å². The van der Waals surface area contributed by atoms with Crippen molar-refractivity contribution in [2.75, 3.05) is 6.54 Å². The van der Waals surface area contributed by atoms with Crippen molar-refractivity contribution in [2.45, 2.75) is 32.7 Å². The zero-order valence-corrected chi connectivity index (χ0v) is 17.0. The van der Waals surface area contributed by atoms with E-state index in [0.717, 1.165) is 21.8 Å². The van der Waals surface area contributed by atoms with Crippen LogP contribution in [0.5, 0.6) is 0 Å². The maximum Gasteiger partial charge on any atom is 0.262 e. The molecule has 1 atom stereocenters. The third-order valence-corrected chi connectivity index (χ3v) is 5.23. The molecule has 1 unspecified atom stereocenters. The van der Waals surface area contributed by atoms with Crippen LogP contribution in [0.15, 0.2) is 48.5 Å². The Morgan fingerprint density at radius 3 is 2.30 bits per heavy atom. The molecule has 0 aliphatic carbocycles. The van der Waals surface area contributed by atoms with Gasteiger partial charge in [-0.3, -0.25) is 19.3 Å². The molecular formula is C23H24N4O3. The molecule has 2 N–H and O–H groups in total. The van der Waals surface area contributed by atoms with Crippen LogP contribution in [0.1, 0.15) is 46.8 Å². The number of amides is 3. The van der Waals surface area contributed by atoms with Gasteiger partial charge in [-0.05, 0) is 36.6 Å². The monoisotopic (exact) mass is 404 g/mol. The number of imidazole rings is 1. The number of nitrogens with one attached hydrogen (secondary N) is 2. The summed E-state index contributed by atoms with van der Waals surface area (Å²) in [6.07, 6.45) is 0.929. The average molecular weight is 404 g/mol. The normalized spacial score (nSPS) is 14.4. The molecule has 154 valence electrons. The quantitative estimate of drug-likeness (QED) is 0.592. The van der Waals surface area contributed by atoms with Crippen LogP contribution >= 0.6 is 0 Å². The van der Waals surface area contributed by atoms with Crippen LogP contribution in [0.3, 0.4) is 0 Å². The number of aromatic nitrogens is 2. The third kappa shape index (κ3) is 3.70. The Bertz CT molecular complexity index is 1050. The first kappa shape index (κ1) is 19.8. The van der Waals surface area contributed by atoms with Crippen molar-refractivity contribution in [1.29, 1.82) is 0 Å². The fourth-order valence-corrected chi connectivity index (χ4v) is 3.81. The topological polar surface area (TPSA) is 95.2 Å². The number of rotatable bonds is 7. The number of hydrogen-bond donors (Lipinski definition) is 2. The van der Waals surface area contributed by atoms with Gasteiger partial charge in [0.2, 0.25) is 5.91 Å². The van der Waals surface area contributed by atoms with E-state index in [2.05, 4.69) is 15.3 Å². The highest BCUT2D eigenvalue weighted by atomic mass is 16.2. The van der Waals surface area contributed by atoms with Gasteiger partial charge in [-0.25, -0.2) is 4.98 Å². The summed E-state index contributed by atoms with van der Waals surface area (Å²) in [6, 6.07) is 13.6. The number of nitrogens with zero attached hydrogens (tertiary/aromatic N) is 2. The van der Waals surface area contributed by atoms with Crippen LogP contribution in [-0.4, -0.2) is 45.2 Å². The second-order valence-electron chi connectivity index (χ2n) is 7.91. The first-order valence-corrected chi connectivity index (χ1v) is 10.1. The molecule has 3 aromatic rings. The SMILES string of the molecule is CC(C)CC(C(=O)NCCc1nc2ccccc2[nH]1)N1C(=O)c2ccccc2C1=O. The Balaban J connectivity index is 1.46. The summed E-state index contributed by atoms with van der Waals surface area (Å²) < 4.78 is 0. The lowest BCUT2D eigenvalue weighted by Gasteiger charge is -2.26. The summed E-state index contributed by atoms with van der Waals surface area (Å²) in [5.74, 6) is -0.227. The highest BCUT2D eigenvalue weighted by Gasteiger charge is 2.42. The van der Waals surface area contributed by atoms with Crippen molar-refractivity contribution in [3.63, 3.8) is 0 Å². The number of H-pyrrole nitrogens is 1. The number of imide groups is 1. The molecular weight excluding hydrogens is 380 g/mol. The summed E-state index contributed by atoms with van der Waals surface area (Å²) in [4.78, 5) is 47.5. The fraction of sp³-hybridized carbons (Fsp3) is 0.304. The molecule has 7 heteroatoms. The first-order chi connectivity index (χ1) is 14.5. The van der Waals surface area contributed by atoms with Crippen molar-refractivity contribution in [3.05, 3.63) is 65.5 Å². The minimum atomic E-state index is -0.840. The first-order valence-electron chi connectivity index (χ1n) is 10.1. The van der Waals surface area contributed by atoms with E-state index in [1.54, 1.807) is 24.3 Å². The second kappa shape index (κ2) is 8.10. The molecule has 1 aromatic heterocycles. The molecule has 0 saturated carbocycles. The van der Waals surface area contributed by atoms with Crippen LogP contribution in [0.2, 0.25) is 0 Å². The molecule has 0 fully saturated rings. The second-order valence-corrected chi connectivity index (χ2v) is 7.91. The minimum absolute atomic E-state index is 0.139. The van der Waals surface area contributed by atoms with Crippen molar-refractivity contribution in [2.24, 2.45) is 5.92 Å². The lowest BCUT2D eigenvalue weighted by molar-refractivity contribution is -0.125. The molecule has 1 aliphatic rings. The molecule has 4 rings (SSSR count). The summed E-state index contributed by atoms with van der Waals surface area (Å²) in [5.41, 5.74) is 2.53. The van der Waals surface area contributed by atoms with E-state index in [1.165, 1.54) is 0 Å². The number of para-hydroxylation sites is 2. The molecule has 1 aliphatic heterocycles. The summed E-state index contributed by atoms with van der Waals surface area (Å²) in [6.45, 7) is 4.29. The number of benzene rings is 2. The van der Waals surface area contributed by atoms with E-state index in [-0.39, 0.29) is 11.8 Å². The average Bonchev–Trinajstić information content (AvgIpc) is 3.25. The van der Waals surface area contributed by atoms with Gasteiger partial charge in [-0.2, -0.15) is 0 Å². The Morgan fingerprint density at radius 1 is 1.03 bits per heavy atom. The highest BCUT2D eigenvalue weighted by molar-refractivity contribution is 6.22. The number of carbonyl (C=O) groups is 3. The summed E-state index contributed by atoms with van der Waals surface area (Å²) in [7, 11) is 0. The van der Waals surface area contributed by atoms with Gasteiger partial charge in [0, 0.05) is 13.0 Å². The van der Waals surface area contributed by atoms with Gasteiger partial charge in [0.1, 0.15) is 11.9 Å². The fourth-order valence-electron chi connectivity index (χ4n) is 3.81. The van der Waals surface area contributed by atoms with E-state index in [1.807, 2.05) is 38.1 Å². The predicted molar refractivity (Wildman–Crippen MR) is 113 cm³/mol. The predicted octanol–water partition coefficient (Wildman–Crippen LogP) is 2.93. The van der Waals surface area contributed by atoms with Crippen LogP contribution in [-0.2, 0) is 11.2 Å². The molecule has 7 nitrogen and oxygen atoms in total. The number of carbonyl (C=O) groups excluding carboxylic acids is 3. The molecule has 30 heavy (non-hydrogen) atoms. The maximum atomic E-state index is 13.0. The smallest absolute Gasteiger partial charge is 0.262 e. The molecule has 0 bridgehead atoms. The van der Waals surface area contributed by atoms with Crippen molar-refractivity contribution < 1.29 is 14.4 Å². The van der Waals surface area contributed by atoms with Gasteiger partial charge in [0.05, 0.1) is 22.2 Å². The molecule has 2 heterocycles. The molecule has 2 aromatic carbocycles. The Hall–Kier alpha value is -3.48. The molecule has 0 spiro atoms. The van der Waals surface area contributed by atoms with Crippen molar-refractivity contribution >= 4 is 28.8 Å². The van der Waals surface area contributed by atoms with Gasteiger partial charge in [-0.1, -0.05) is 38.1 Å². The molecule has 3 amide bonds.